The summed E-state index contributed by atoms with van der Waals surface area (Å²) in [6.45, 7) is 9.78. The van der Waals surface area contributed by atoms with E-state index in [1.807, 2.05) is 24.1 Å². The molecule has 0 radical (unpaired) electrons. The third-order valence-electron chi connectivity index (χ3n) is 2.60. The molecule has 0 spiro atoms. The molecule has 4 nitrogen and oxygen atoms in total. The summed E-state index contributed by atoms with van der Waals surface area (Å²) in [7, 11) is 0. The van der Waals surface area contributed by atoms with E-state index in [1.165, 1.54) is 0 Å². The predicted octanol–water partition coefficient (Wildman–Crippen LogP) is 2.32. The van der Waals surface area contributed by atoms with Crippen LogP contribution in [-0.2, 0) is 11.3 Å². The highest BCUT2D eigenvalue weighted by Gasteiger charge is 2.19. The van der Waals surface area contributed by atoms with E-state index in [2.05, 4.69) is 25.8 Å². The van der Waals surface area contributed by atoms with Crippen molar-refractivity contribution in [3.8, 4) is 0 Å². The molecule has 0 amide bonds. The van der Waals surface area contributed by atoms with Crippen LogP contribution in [-0.4, -0.2) is 34.0 Å². The van der Waals surface area contributed by atoms with Crippen molar-refractivity contribution >= 4 is 5.97 Å². The second kappa shape index (κ2) is 5.96. The van der Waals surface area contributed by atoms with Crippen LogP contribution in [0.1, 0.15) is 31.9 Å². The number of aliphatic carboxylic acids is 1. The Morgan fingerprint density at radius 2 is 2.11 bits per heavy atom. The molecule has 0 fully saturated rings. The van der Waals surface area contributed by atoms with Crippen molar-refractivity contribution in [1.29, 1.82) is 0 Å². The standard InChI is InChI=1S/C14H22N2O2/c1-11-5-6-15-7-12(11)8-16(9-13(17)18)10-14(2,3)4/h5-7H,8-10H2,1-4H3,(H,17,18). The van der Waals surface area contributed by atoms with Crippen LogP contribution in [0.3, 0.4) is 0 Å². The molecule has 0 aliphatic carbocycles. The highest BCUT2D eigenvalue weighted by Crippen LogP contribution is 2.17. The predicted molar refractivity (Wildman–Crippen MR) is 71.3 cm³/mol. The van der Waals surface area contributed by atoms with Gasteiger partial charge in [0.05, 0.1) is 6.54 Å². The topological polar surface area (TPSA) is 53.4 Å². The molecule has 4 heteroatoms. The van der Waals surface area contributed by atoms with Gasteiger partial charge in [-0.3, -0.25) is 14.7 Å². The Kier molecular flexibility index (Phi) is 4.84. The zero-order valence-electron chi connectivity index (χ0n) is 11.6. The van der Waals surface area contributed by atoms with Crippen LogP contribution in [0, 0.1) is 12.3 Å². The maximum atomic E-state index is 10.9. The maximum absolute atomic E-state index is 10.9. The lowest BCUT2D eigenvalue weighted by Gasteiger charge is -2.29. The van der Waals surface area contributed by atoms with Crippen LogP contribution < -0.4 is 0 Å². The van der Waals surface area contributed by atoms with E-state index in [1.54, 1.807) is 6.20 Å². The van der Waals surface area contributed by atoms with Gasteiger partial charge in [-0.05, 0) is 29.5 Å². The van der Waals surface area contributed by atoms with Crippen LogP contribution >= 0.6 is 0 Å². The summed E-state index contributed by atoms with van der Waals surface area (Å²) in [5.41, 5.74) is 2.31. The molecule has 0 bridgehead atoms. The minimum atomic E-state index is -0.791. The van der Waals surface area contributed by atoms with Gasteiger partial charge < -0.3 is 5.11 Å². The highest BCUT2D eigenvalue weighted by molar-refractivity contribution is 5.69. The molecule has 100 valence electrons. The second-order valence-corrected chi connectivity index (χ2v) is 5.90. The van der Waals surface area contributed by atoms with Crippen LogP contribution in [0.5, 0.6) is 0 Å². The number of aryl methyl sites for hydroxylation is 1. The number of hydrogen-bond donors (Lipinski definition) is 1. The summed E-state index contributed by atoms with van der Waals surface area (Å²) in [4.78, 5) is 17.0. The molecule has 1 heterocycles. The number of rotatable bonds is 5. The summed E-state index contributed by atoms with van der Waals surface area (Å²) < 4.78 is 0. The van der Waals surface area contributed by atoms with E-state index < -0.39 is 5.97 Å². The van der Waals surface area contributed by atoms with Gasteiger partial charge in [0.15, 0.2) is 0 Å². The van der Waals surface area contributed by atoms with Gasteiger partial charge in [0.1, 0.15) is 0 Å². The quantitative estimate of drug-likeness (QED) is 0.871. The van der Waals surface area contributed by atoms with Gasteiger partial charge in [0.2, 0.25) is 0 Å². The fraction of sp³-hybridized carbons (Fsp3) is 0.571. The number of nitrogens with zero attached hydrogens (tertiary/aromatic N) is 2. The molecule has 1 aromatic rings. The maximum Gasteiger partial charge on any atom is 0.317 e. The molecule has 1 rings (SSSR count). The van der Waals surface area contributed by atoms with E-state index >= 15 is 0 Å². The first kappa shape index (κ1) is 14.6. The number of carboxylic acid groups (broad SMARTS) is 1. The summed E-state index contributed by atoms with van der Waals surface area (Å²) in [6.07, 6.45) is 3.57. The lowest BCUT2D eigenvalue weighted by atomic mass is 9.95. The second-order valence-electron chi connectivity index (χ2n) is 5.90. The van der Waals surface area contributed by atoms with Gasteiger partial charge in [-0.1, -0.05) is 20.8 Å². The molecule has 0 unspecified atom stereocenters. The van der Waals surface area contributed by atoms with Crippen molar-refractivity contribution < 1.29 is 9.90 Å². The number of carbonyl (C=O) groups is 1. The largest absolute Gasteiger partial charge is 0.480 e. The molecule has 18 heavy (non-hydrogen) atoms. The third kappa shape index (κ3) is 5.27. The first-order valence-corrected chi connectivity index (χ1v) is 6.11. The fourth-order valence-corrected chi connectivity index (χ4v) is 1.93. The normalized spacial score (nSPS) is 11.8. The molecular weight excluding hydrogens is 228 g/mol. The Bertz CT molecular complexity index is 411. The van der Waals surface area contributed by atoms with Gasteiger partial charge in [-0.25, -0.2) is 0 Å². The molecule has 0 saturated heterocycles. The van der Waals surface area contributed by atoms with Gasteiger partial charge in [0, 0.05) is 25.5 Å². The third-order valence-corrected chi connectivity index (χ3v) is 2.60. The molecule has 0 atom stereocenters. The Morgan fingerprint density at radius 3 is 2.61 bits per heavy atom. The van der Waals surface area contributed by atoms with Crippen LogP contribution in [0.2, 0.25) is 0 Å². The van der Waals surface area contributed by atoms with E-state index in [4.69, 9.17) is 5.11 Å². The number of pyridine rings is 1. The Balaban J connectivity index is 2.78. The van der Waals surface area contributed by atoms with Gasteiger partial charge in [0.25, 0.3) is 0 Å². The van der Waals surface area contributed by atoms with Gasteiger partial charge >= 0.3 is 5.97 Å². The molecule has 1 N–H and O–H groups in total. The van der Waals surface area contributed by atoms with E-state index in [0.717, 1.165) is 17.7 Å². The van der Waals surface area contributed by atoms with Gasteiger partial charge in [-0.15, -0.1) is 0 Å². The Morgan fingerprint density at radius 1 is 1.44 bits per heavy atom. The van der Waals surface area contributed by atoms with E-state index in [-0.39, 0.29) is 12.0 Å². The minimum absolute atomic E-state index is 0.0611. The first-order chi connectivity index (χ1) is 8.28. The first-order valence-electron chi connectivity index (χ1n) is 6.11. The fourth-order valence-electron chi connectivity index (χ4n) is 1.93. The Hall–Kier alpha value is -1.42. The van der Waals surface area contributed by atoms with Crippen LogP contribution in [0.25, 0.3) is 0 Å². The minimum Gasteiger partial charge on any atom is -0.480 e. The van der Waals surface area contributed by atoms with E-state index in [9.17, 15) is 4.79 Å². The SMILES string of the molecule is Cc1ccncc1CN(CC(=O)O)CC(C)(C)C. The lowest BCUT2D eigenvalue weighted by molar-refractivity contribution is -0.138. The summed E-state index contributed by atoms with van der Waals surface area (Å²) in [5, 5.41) is 8.97. The zero-order chi connectivity index (χ0) is 13.8. The highest BCUT2D eigenvalue weighted by atomic mass is 16.4. The summed E-state index contributed by atoms with van der Waals surface area (Å²) >= 11 is 0. The van der Waals surface area contributed by atoms with E-state index in [0.29, 0.717) is 6.54 Å². The van der Waals surface area contributed by atoms with Crippen molar-refractivity contribution in [2.24, 2.45) is 5.41 Å². The van der Waals surface area contributed by atoms with Gasteiger partial charge in [-0.2, -0.15) is 0 Å². The summed E-state index contributed by atoms with van der Waals surface area (Å²) in [6, 6.07) is 1.95. The van der Waals surface area contributed by atoms with Crippen molar-refractivity contribution in [3.63, 3.8) is 0 Å². The Labute approximate surface area is 109 Å². The van der Waals surface area contributed by atoms with Crippen molar-refractivity contribution in [2.75, 3.05) is 13.1 Å². The smallest absolute Gasteiger partial charge is 0.317 e. The average Bonchev–Trinajstić information content (AvgIpc) is 2.17. The van der Waals surface area contributed by atoms with Crippen LogP contribution in [0.4, 0.5) is 0 Å². The molecule has 0 aliphatic heterocycles. The van der Waals surface area contributed by atoms with Crippen molar-refractivity contribution in [1.82, 2.24) is 9.88 Å². The zero-order valence-corrected chi connectivity index (χ0v) is 11.6. The molecule has 0 aromatic carbocycles. The van der Waals surface area contributed by atoms with Crippen molar-refractivity contribution in [3.05, 3.63) is 29.6 Å². The monoisotopic (exact) mass is 250 g/mol. The number of hydrogen-bond acceptors (Lipinski definition) is 3. The molecule has 0 aliphatic rings. The number of aromatic nitrogens is 1. The molecular formula is C14H22N2O2. The van der Waals surface area contributed by atoms with Crippen LogP contribution in [0.15, 0.2) is 18.5 Å². The molecule has 0 saturated carbocycles. The lowest BCUT2D eigenvalue weighted by Crippen LogP contribution is -2.36. The van der Waals surface area contributed by atoms with Crippen molar-refractivity contribution in [2.45, 2.75) is 34.2 Å². The average molecular weight is 250 g/mol. The summed E-state index contributed by atoms with van der Waals surface area (Å²) in [5.74, 6) is -0.791. The molecule has 1 aromatic heterocycles. The number of carboxylic acids is 1.